The van der Waals surface area contributed by atoms with Crippen molar-refractivity contribution in [3.63, 3.8) is 0 Å². The summed E-state index contributed by atoms with van der Waals surface area (Å²) in [6, 6.07) is 5.62. The van der Waals surface area contributed by atoms with Crippen LogP contribution in [0.15, 0.2) is 32.5 Å². The lowest BCUT2D eigenvalue weighted by Crippen LogP contribution is -2.27. The molecule has 3 nitrogen and oxygen atoms in total. The second-order valence-corrected chi connectivity index (χ2v) is 7.52. The standard InChI is InChI=1S/C13H11Br2FN2OS/c1-6-2-7(16)4-8(3-6)18-11(13(17)19)10-5-9(14)12(15)20-10/h2-5,11,18H,1H3,(H2,17,19). The fourth-order valence-electron chi connectivity index (χ4n) is 1.77. The molecule has 1 aromatic heterocycles. The van der Waals surface area contributed by atoms with Gasteiger partial charge in [0.15, 0.2) is 0 Å². The summed E-state index contributed by atoms with van der Waals surface area (Å²) in [6.07, 6.45) is 0. The summed E-state index contributed by atoms with van der Waals surface area (Å²) >= 11 is 8.13. The summed E-state index contributed by atoms with van der Waals surface area (Å²) in [5.41, 5.74) is 6.72. The third kappa shape index (κ3) is 3.59. The number of aryl methyl sites for hydroxylation is 1. The Bertz CT molecular complexity index is 620. The third-order valence-electron chi connectivity index (χ3n) is 2.59. The van der Waals surface area contributed by atoms with Gasteiger partial charge in [-0.1, -0.05) is 0 Å². The topological polar surface area (TPSA) is 55.1 Å². The van der Waals surface area contributed by atoms with Crippen LogP contribution in [0.25, 0.3) is 0 Å². The molecular formula is C13H11Br2FN2OS. The van der Waals surface area contributed by atoms with Crippen molar-refractivity contribution >= 4 is 54.8 Å². The zero-order valence-corrected chi connectivity index (χ0v) is 14.4. The van der Waals surface area contributed by atoms with Crippen LogP contribution >= 0.6 is 43.2 Å². The molecule has 0 fully saturated rings. The summed E-state index contributed by atoms with van der Waals surface area (Å²) < 4.78 is 15.1. The maximum absolute atomic E-state index is 13.4. The molecular weight excluding hydrogens is 411 g/mol. The first-order chi connectivity index (χ1) is 9.36. The summed E-state index contributed by atoms with van der Waals surface area (Å²) in [5, 5.41) is 2.97. The van der Waals surface area contributed by atoms with Crippen LogP contribution in [0.5, 0.6) is 0 Å². The zero-order valence-electron chi connectivity index (χ0n) is 10.4. The lowest BCUT2D eigenvalue weighted by atomic mass is 10.1. The Morgan fingerprint density at radius 1 is 1.35 bits per heavy atom. The predicted molar refractivity (Wildman–Crippen MR) is 86.4 cm³/mol. The van der Waals surface area contributed by atoms with Crippen molar-refractivity contribution in [1.29, 1.82) is 0 Å². The van der Waals surface area contributed by atoms with E-state index >= 15 is 0 Å². The number of anilines is 1. The molecule has 0 spiro atoms. The van der Waals surface area contributed by atoms with Crippen LogP contribution in [0.3, 0.4) is 0 Å². The van der Waals surface area contributed by atoms with Crippen molar-refractivity contribution in [2.45, 2.75) is 13.0 Å². The van der Waals surface area contributed by atoms with Crippen molar-refractivity contribution in [1.82, 2.24) is 0 Å². The number of amides is 1. The van der Waals surface area contributed by atoms with Crippen molar-refractivity contribution < 1.29 is 9.18 Å². The zero-order chi connectivity index (χ0) is 14.9. The van der Waals surface area contributed by atoms with Gasteiger partial charge >= 0.3 is 0 Å². The maximum atomic E-state index is 13.4. The van der Waals surface area contributed by atoms with Gasteiger partial charge in [0.05, 0.1) is 3.79 Å². The van der Waals surface area contributed by atoms with E-state index in [0.717, 1.165) is 18.7 Å². The molecule has 1 amide bonds. The van der Waals surface area contributed by atoms with E-state index in [4.69, 9.17) is 5.73 Å². The maximum Gasteiger partial charge on any atom is 0.245 e. The molecule has 1 unspecified atom stereocenters. The molecule has 1 atom stereocenters. The first-order valence-corrected chi connectivity index (χ1v) is 8.05. The largest absolute Gasteiger partial charge is 0.369 e. The number of carbonyl (C=O) groups is 1. The molecule has 0 saturated heterocycles. The van der Waals surface area contributed by atoms with Gasteiger partial charge in [-0.05, 0) is 68.6 Å². The molecule has 1 aromatic carbocycles. The second-order valence-electron chi connectivity index (χ2n) is 4.27. The van der Waals surface area contributed by atoms with Gasteiger partial charge in [0.25, 0.3) is 0 Å². The average Bonchev–Trinajstić information content (AvgIpc) is 2.64. The lowest BCUT2D eigenvalue weighted by molar-refractivity contribution is -0.118. The fraction of sp³-hybridized carbons (Fsp3) is 0.154. The number of halogens is 3. The quantitative estimate of drug-likeness (QED) is 0.770. The van der Waals surface area contributed by atoms with Gasteiger partial charge in [-0.3, -0.25) is 4.79 Å². The van der Waals surface area contributed by atoms with Gasteiger partial charge in [0.1, 0.15) is 11.9 Å². The molecule has 3 N–H and O–H groups in total. The Hall–Kier alpha value is -0.920. The van der Waals surface area contributed by atoms with Gasteiger partial charge in [-0.15, -0.1) is 11.3 Å². The smallest absolute Gasteiger partial charge is 0.245 e. The minimum Gasteiger partial charge on any atom is -0.369 e. The van der Waals surface area contributed by atoms with E-state index in [9.17, 15) is 9.18 Å². The second kappa shape index (κ2) is 6.24. The van der Waals surface area contributed by atoms with Crippen LogP contribution < -0.4 is 11.1 Å². The predicted octanol–water partition coefficient (Wildman–Crippen LogP) is 4.36. The normalized spacial score (nSPS) is 12.2. The molecule has 7 heteroatoms. The molecule has 0 aliphatic rings. The van der Waals surface area contributed by atoms with Crippen LogP contribution in [-0.2, 0) is 4.79 Å². The molecule has 0 aliphatic heterocycles. The molecule has 0 aliphatic carbocycles. The van der Waals surface area contributed by atoms with E-state index in [-0.39, 0.29) is 5.82 Å². The fourth-order valence-corrected chi connectivity index (χ4v) is 3.92. The number of thiophene rings is 1. The highest BCUT2D eigenvalue weighted by molar-refractivity contribution is 9.13. The summed E-state index contributed by atoms with van der Waals surface area (Å²) in [6.45, 7) is 1.78. The summed E-state index contributed by atoms with van der Waals surface area (Å²) in [7, 11) is 0. The highest BCUT2D eigenvalue weighted by Gasteiger charge is 2.21. The third-order valence-corrected chi connectivity index (χ3v) is 5.91. The molecule has 0 radical (unpaired) electrons. The van der Waals surface area contributed by atoms with E-state index in [0.29, 0.717) is 5.69 Å². The van der Waals surface area contributed by atoms with Gasteiger partial charge in [-0.25, -0.2) is 4.39 Å². The van der Waals surface area contributed by atoms with E-state index in [1.807, 2.05) is 6.07 Å². The summed E-state index contributed by atoms with van der Waals surface area (Å²) in [4.78, 5) is 12.4. The number of nitrogens with two attached hydrogens (primary N) is 1. The Labute approximate surface area is 136 Å². The van der Waals surface area contributed by atoms with E-state index in [2.05, 4.69) is 37.2 Å². The number of primary amides is 1. The van der Waals surface area contributed by atoms with Gasteiger partial charge in [-0.2, -0.15) is 0 Å². The van der Waals surface area contributed by atoms with E-state index < -0.39 is 11.9 Å². The molecule has 106 valence electrons. The van der Waals surface area contributed by atoms with Crippen LogP contribution in [0.2, 0.25) is 0 Å². The Kier molecular flexibility index (Phi) is 4.82. The number of rotatable bonds is 4. The van der Waals surface area contributed by atoms with Crippen molar-refractivity contribution in [2.24, 2.45) is 5.73 Å². The Morgan fingerprint density at radius 3 is 2.55 bits per heavy atom. The van der Waals surface area contributed by atoms with Crippen molar-refractivity contribution in [3.05, 3.63) is 48.8 Å². The minimum absolute atomic E-state index is 0.357. The Balaban J connectivity index is 2.32. The highest BCUT2D eigenvalue weighted by atomic mass is 79.9. The lowest BCUT2D eigenvalue weighted by Gasteiger charge is -2.15. The number of nitrogens with one attached hydrogen (secondary N) is 1. The average molecular weight is 422 g/mol. The SMILES string of the molecule is Cc1cc(F)cc(NC(C(N)=O)c2cc(Br)c(Br)s2)c1. The van der Waals surface area contributed by atoms with Crippen LogP contribution in [0.1, 0.15) is 16.5 Å². The van der Waals surface area contributed by atoms with Gasteiger partial charge < -0.3 is 11.1 Å². The Morgan fingerprint density at radius 2 is 2.05 bits per heavy atom. The number of hydrogen-bond acceptors (Lipinski definition) is 3. The van der Waals surface area contributed by atoms with Crippen LogP contribution in [0, 0.1) is 12.7 Å². The number of carbonyl (C=O) groups excluding carboxylic acids is 1. The van der Waals surface area contributed by atoms with Gasteiger partial charge in [0.2, 0.25) is 5.91 Å². The highest BCUT2D eigenvalue weighted by Crippen LogP contribution is 2.36. The summed E-state index contributed by atoms with van der Waals surface area (Å²) in [5.74, 6) is -0.877. The first-order valence-electron chi connectivity index (χ1n) is 5.64. The van der Waals surface area contributed by atoms with Crippen LogP contribution in [-0.4, -0.2) is 5.91 Å². The molecule has 0 saturated carbocycles. The molecule has 0 bridgehead atoms. The number of benzene rings is 1. The monoisotopic (exact) mass is 420 g/mol. The molecule has 1 heterocycles. The number of hydrogen-bond donors (Lipinski definition) is 2. The minimum atomic E-state index is -0.705. The van der Waals surface area contributed by atoms with Crippen molar-refractivity contribution in [3.8, 4) is 0 Å². The molecule has 2 aromatic rings. The molecule has 2 rings (SSSR count). The molecule has 20 heavy (non-hydrogen) atoms. The van der Waals surface area contributed by atoms with Crippen molar-refractivity contribution in [2.75, 3.05) is 5.32 Å². The van der Waals surface area contributed by atoms with E-state index in [1.54, 1.807) is 13.0 Å². The first kappa shape index (κ1) is 15.5. The van der Waals surface area contributed by atoms with E-state index in [1.165, 1.54) is 23.5 Å². The van der Waals surface area contributed by atoms with Gasteiger partial charge in [0, 0.05) is 15.0 Å². The van der Waals surface area contributed by atoms with Crippen LogP contribution in [0.4, 0.5) is 10.1 Å².